The van der Waals surface area contributed by atoms with Crippen molar-refractivity contribution in [3.05, 3.63) is 24.3 Å². The highest BCUT2D eigenvalue weighted by Gasteiger charge is 2.49. The van der Waals surface area contributed by atoms with Crippen molar-refractivity contribution in [3.8, 4) is 0 Å². The zero-order chi connectivity index (χ0) is 16.1. The molecule has 2 nitrogen and oxygen atoms in total. The maximum absolute atomic E-state index is 13.9. The SMILES string of the molecule is C[C@@H]1CC[C@@H](C)P1(=O)c1ccccc1P1(=O)[C@H](C)CC[C@H]1C. The summed E-state index contributed by atoms with van der Waals surface area (Å²) in [6.07, 6.45) is 4.12. The maximum atomic E-state index is 13.9. The molecular formula is C18H28O2P2. The van der Waals surface area contributed by atoms with Gasteiger partial charge in [-0.3, -0.25) is 0 Å². The van der Waals surface area contributed by atoms with E-state index in [1.54, 1.807) is 0 Å². The van der Waals surface area contributed by atoms with Crippen LogP contribution < -0.4 is 10.6 Å². The fourth-order valence-corrected chi connectivity index (χ4v) is 12.8. The molecule has 0 aromatic heterocycles. The van der Waals surface area contributed by atoms with Gasteiger partial charge < -0.3 is 9.13 Å². The van der Waals surface area contributed by atoms with Gasteiger partial charge in [0.1, 0.15) is 14.3 Å². The molecule has 3 rings (SSSR count). The van der Waals surface area contributed by atoms with Crippen LogP contribution in [0.5, 0.6) is 0 Å². The zero-order valence-corrected chi connectivity index (χ0v) is 15.9. The summed E-state index contributed by atoms with van der Waals surface area (Å²) in [5.41, 5.74) is 0.902. The van der Waals surface area contributed by atoms with Crippen molar-refractivity contribution in [3.63, 3.8) is 0 Å². The summed E-state index contributed by atoms with van der Waals surface area (Å²) in [5, 5.41) is 1.91. The van der Waals surface area contributed by atoms with Crippen molar-refractivity contribution < 1.29 is 9.13 Å². The molecule has 0 aliphatic carbocycles. The van der Waals surface area contributed by atoms with Crippen molar-refractivity contribution in [2.75, 3.05) is 0 Å². The molecule has 0 amide bonds. The predicted octanol–water partition coefficient (Wildman–Crippen LogP) is 4.81. The van der Waals surface area contributed by atoms with Gasteiger partial charge in [-0.15, -0.1) is 0 Å². The third kappa shape index (κ3) is 2.14. The number of rotatable bonds is 2. The molecule has 0 radical (unpaired) electrons. The molecular weight excluding hydrogens is 310 g/mol. The van der Waals surface area contributed by atoms with Crippen molar-refractivity contribution in [2.45, 2.75) is 76.0 Å². The van der Waals surface area contributed by atoms with E-state index in [0.717, 1.165) is 36.3 Å². The Hall–Kier alpha value is -0.320. The van der Waals surface area contributed by atoms with Crippen LogP contribution in [-0.2, 0) is 9.13 Å². The van der Waals surface area contributed by atoms with E-state index in [2.05, 4.69) is 27.7 Å². The van der Waals surface area contributed by atoms with Crippen LogP contribution in [0.15, 0.2) is 24.3 Å². The van der Waals surface area contributed by atoms with Crippen LogP contribution in [-0.4, -0.2) is 22.6 Å². The molecule has 0 N–H and O–H groups in total. The second-order valence-corrected chi connectivity index (χ2v) is 14.8. The quantitative estimate of drug-likeness (QED) is 0.726. The minimum Gasteiger partial charge on any atom is -0.318 e. The highest BCUT2D eigenvalue weighted by atomic mass is 31.2. The van der Waals surface area contributed by atoms with Gasteiger partial charge in [-0.1, -0.05) is 52.0 Å². The second-order valence-electron chi connectivity index (χ2n) is 7.46. The van der Waals surface area contributed by atoms with Gasteiger partial charge in [-0.05, 0) is 25.7 Å². The molecule has 4 heteroatoms. The first-order valence-electron chi connectivity index (χ1n) is 8.61. The Morgan fingerprint density at radius 3 is 1.23 bits per heavy atom. The van der Waals surface area contributed by atoms with Crippen molar-refractivity contribution in [2.24, 2.45) is 0 Å². The maximum Gasteiger partial charge on any atom is 0.121 e. The lowest BCUT2D eigenvalue weighted by molar-refractivity contribution is 0.572. The Bertz CT molecular complexity index is 582. The highest BCUT2D eigenvalue weighted by molar-refractivity contribution is 7.79. The van der Waals surface area contributed by atoms with E-state index in [1.165, 1.54) is 0 Å². The summed E-state index contributed by atoms with van der Waals surface area (Å²) >= 11 is 0. The van der Waals surface area contributed by atoms with E-state index in [9.17, 15) is 9.13 Å². The van der Waals surface area contributed by atoms with Crippen LogP contribution in [0.25, 0.3) is 0 Å². The topological polar surface area (TPSA) is 34.1 Å². The van der Waals surface area contributed by atoms with Gasteiger partial charge in [0.2, 0.25) is 0 Å². The largest absolute Gasteiger partial charge is 0.318 e. The molecule has 2 aliphatic heterocycles. The van der Waals surface area contributed by atoms with Gasteiger partial charge in [0, 0.05) is 33.2 Å². The lowest BCUT2D eigenvalue weighted by Crippen LogP contribution is -2.32. The van der Waals surface area contributed by atoms with Crippen molar-refractivity contribution in [1.82, 2.24) is 0 Å². The Kier molecular flexibility index (Phi) is 4.24. The van der Waals surface area contributed by atoms with Crippen LogP contribution in [0.2, 0.25) is 0 Å². The average molecular weight is 338 g/mol. The summed E-state index contributed by atoms with van der Waals surface area (Å²) < 4.78 is 27.8. The molecule has 22 heavy (non-hydrogen) atoms. The Morgan fingerprint density at radius 2 is 0.955 bits per heavy atom. The van der Waals surface area contributed by atoms with E-state index in [1.807, 2.05) is 24.3 Å². The Morgan fingerprint density at radius 1 is 0.682 bits per heavy atom. The minimum absolute atomic E-state index is 0.225. The van der Waals surface area contributed by atoms with E-state index >= 15 is 0 Å². The van der Waals surface area contributed by atoms with Gasteiger partial charge in [0.05, 0.1) is 0 Å². The van der Waals surface area contributed by atoms with Crippen LogP contribution in [0.4, 0.5) is 0 Å². The van der Waals surface area contributed by atoms with Gasteiger partial charge >= 0.3 is 0 Å². The van der Waals surface area contributed by atoms with Crippen LogP contribution in [0.3, 0.4) is 0 Å². The first kappa shape index (κ1) is 16.5. The summed E-state index contributed by atoms with van der Waals surface area (Å²) in [6.45, 7) is 8.49. The van der Waals surface area contributed by atoms with E-state index in [-0.39, 0.29) is 22.6 Å². The van der Waals surface area contributed by atoms with Gasteiger partial charge in [-0.25, -0.2) is 0 Å². The molecule has 2 fully saturated rings. The number of hydrogen-bond donors (Lipinski definition) is 0. The molecule has 0 saturated carbocycles. The minimum atomic E-state index is -2.46. The summed E-state index contributed by atoms with van der Waals surface area (Å²) in [4.78, 5) is 0. The van der Waals surface area contributed by atoms with E-state index < -0.39 is 14.3 Å². The smallest absolute Gasteiger partial charge is 0.121 e. The van der Waals surface area contributed by atoms with Gasteiger partial charge in [-0.2, -0.15) is 0 Å². The predicted molar refractivity (Wildman–Crippen MR) is 97.2 cm³/mol. The first-order valence-corrected chi connectivity index (χ1v) is 12.3. The lowest BCUT2D eigenvalue weighted by atomic mass is 10.2. The van der Waals surface area contributed by atoms with Crippen molar-refractivity contribution >= 4 is 24.9 Å². The van der Waals surface area contributed by atoms with E-state index in [4.69, 9.17) is 0 Å². The standard InChI is InChI=1S/C18H28O2P2/c1-13-9-10-14(2)21(13,19)17-7-5-6-8-18(17)22(20)15(3)11-12-16(22)4/h5-8,13-16H,9-12H2,1-4H3/t13-,14-,15-,16-/m1/s1. The highest BCUT2D eigenvalue weighted by Crippen LogP contribution is 2.66. The van der Waals surface area contributed by atoms with Gasteiger partial charge in [0.15, 0.2) is 0 Å². The van der Waals surface area contributed by atoms with Crippen LogP contribution in [0.1, 0.15) is 53.4 Å². The van der Waals surface area contributed by atoms with Crippen LogP contribution in [0, 0.1) is 0 Å². The Balaban J connectivity index is 2.21. The normalized spacial score (nSPS) is 36.5. The molecule has 0 unspecified atom stereocenters. The molecule has 2 saturated heterocycles. The zero-order valence-electron chi connectivity index (χ0n) is 14.2. The van der Waals surface area contributed by atoms with E-state index in [0.29, 0.717) is 0 Å². The molecule has 4 atom stereocenters. The second kappa shape index (κ2) is 5.64. The first-order chi connectivity index (χ1) is 10.3. The van der Waals surface area contributed by atoms with Crippen molar-refractivity contribution in [1.29, 1.82) is 0 Å². The molecule has 2 heterocycles. The third-order valence-corrected chi connectivity index (χ3v) is 15.0. The van der Waals surface area contributed by atoms with Gasteiger partial charge in [0.25, 0.3) is 0 Å². The summed E-state index contributed by atoms with van der Waals surface area (Å²) in [6, 6.07) is 8.00. The number of benzene rings is 1. The number of hydrogen-bond acceptors (Lipinski definition) is 2. The fourth-order valence-electron chi connectivity index (χ4n) is 4.61. The van der Waals surface area contributed by atoms with Crippen LogP contribution >= 0.6 is 14.3 Å². The Labute approximate surface area is 134 Å². The molecule has 2 aliphatic rings. The molecule has 1 aromatic carbocycles. The molecule has 1 aromatic rings. The lowest BCUT2D eigenvalue weighted by Gasteiger charge is -2.30. The molecule has 0 bridgehead atoms. The average Bonchev–Trinajstić information content (AvgIpc) is 2.94. The molecule has 122 valence electrons. The third-order valence-electron chi connectivity index (χ3n) is 6.26. The monoisotopic (exact) mass is 338 g/mol. The summed E-state index contributed by atoms with van der Waals surface area (Å²) in [5.74, 6) is 0. The fraction of sp³-hybridized carbons (Fsp3) is 0.667. The summed E-state index contributed by atoms with van der Waals surface area (Å²) in [7, 11) is -4.92. The molecule has 0 spiro atoms.